The summed E-state index contributed by atoms with van der Waals surface area (Å²) in [5.74, 6) is -1.10. The zero-order valence-corrected chi connectivity index (χ0v) is 12.6. The lowest BCUT2D eigenvalue weighted by atomic mass is 10.1. The highest BCUT2D eigenvalue weighted by atomic mass is 19.4. The fourth-order valence-electron chi connectivity index (χ4n) is 1.65. The van der Waals surface area contributed by atoms with Crippen LogP contribution in [-0.4, -0.2) is 23.9 Å². The minimum atomic E-state index is -4.52. The summed E-state index contributed by atoms with van der Waals surface area (Å²) in [5, 5.41) is 5.07. The van der Waals surface area contributed by atoms with Crippen LogP contribution in [0.1, 0.15) is 43.1 Å². The van der Waals surface area contributed by atoms with Crippen LogP contribution in [0, 0.1) is 0 Å². The van der Waals surface area contributed by atoms with Crippen LogP contribution in [0.15, 0.2) is 24.3 Å². The molecular weight excluding hydrogens is 297 g/mol. The maximum atomic E-state index is 12.6. The predicted octanol–water partition coefficient (Wildman–Crippen LogP) is 2.74. The Kier molecular flexibility index (Phi) is 5.96. The van der Waals surface area contributed by atoms with Crippen LogP contribution in [-0.2, 0) is 11.0 Å². The molecule has 4 nitrogen and oxygen atoms in total. The smallest absolute Gasteiger partial charge is 0.352 e. The van der Waals surface area contributed by atoms with Gasteiger partial charge in [-0.3, -0.25) is 9.59 Å². The molecule has 0 heterocycles. The van der Waals surface area contributed by atoms with Crippen molar-refractivity contribution in [3.05, 3.63) is 35.4 Å². The van der Waals surface area contributed by atoms with Gasteiger partial charge >= 0.3 is 6.18 Å². The molecule has 0 aliphatic rings. The second-order valence-corrected chi connectivity index (χ2v) is 5.09. The fraction of sp³-hybridized carbons (Fsp3) is 0.467. The molecule has 1 aromatic carbocycles. The van der Waals surface area contributed by atoms with Gasteiger partial charge in [-0.15, -0.1) is 0 Å². The van der Waals surface area contributed by atoms with Crippen molar-refractivity contribution in [1.82, 2.24) is 10.6 Å². The standard InChI is InChI=1S/C15H19F3N2O2/c1-4-9(2)19-13(21)10(3)20-14(22)11-6-5-7-12(8-11)15(16,17)18/h5-10H,4H2,1-3H3,(H,19,21)(H,20,22)/t9-,10+/m0/s1. The predicted molar refractivity (Wildman–Crippen MR) is 76.3 cm³/mol. The van der Waals surface area contributed by atoms with Crippen LogP contribution >= 0.6 is 0 Å². The van der Waals surface area contributed by atoms with Crippen LogP contribution in [0.2, 0.25) is 0 Å². The van der Waals surface area contributed by atoms with E-state index in [1.807, 2.05) is 13.8 Å². The first-order valence-electron chi connectivity index (χ1n) is 6.93. The molecule has 0 aromatic heterocycles. The summed E-state index contributed by atoms with van der Waals surface area (Å²) in [6, 6.07) is 3.19. The summed E-state index contributed by atoms with van der Waals surface area (Å²) in [5.41, 5.74) is -1.05. The third kappa shape index (κ3) is 5.05. The molecule has 0 unspecified atom stereocenters. The van der Waals surface area contributed by atoms with Gasteiger partial charge in [0.25, 0.3) is 5.91 Å². The second-order valence-electron chi connectivity index (χ2n) is 5.09. The number of nitrogens with one attached hydrogen (secondary N) is 2. The van der Waals surface area contributed by atoms with E-state index in [1.165, 1.54) is 13.0 Å². The molecular formula is C15H19F3N2O2. The number of amides is 2. The van der Waals surface area contributed by atoms with E-state index in [1.54, 1.807) is 0 Å². The maximum absolute atomic E-state index is 12.6. The van der Waals surface area contributed by atoms with Gasteiger partial charge in [0.15, 0.2) is 0 Å². The number of hydrogen-bond donors (Lipinski definition) is 2. The Morgan fingerprint density at radius 1 is 1.18 bits per heavy atom. The first-order valence-corrected chi connectivity index (χ1v) is 6.93. The molecule has 22 heavy (non-hydrogen) atoms. The molecule has 0 aliphatic carbocycles. The van der Waals surface area contributed by atoms with Gasteiger partial charge < -0.3 is 10.6 Å². The third-order valence-electron chi connectivity index (χ3n) is 3.19. The van der Waals surface area contributed by atoms with Crippen molar-refractivity contribution >= 4 is 11.8 Å². The average molecular weight is 316 g/mol. The number of benzene rings is 1. The van der Waals surface area contributed by atoms with E-state index in [0.29, 0.717) is 0 Å². The van der Waals surface area contributed by atoms with E-state index in [0.717, 1.165) is 24.6 Å². The van der Waals surface area contributed by atoms with Crippen LogP contribution in [0.25, 0.3) is 0 Å². The fourth-order valence-corrected chi connectivity index (χ4v) is 1.65. The quantitative estimate of drug-likeness (QED) is 0.877. The van der Waals surface area contributed by atoms with E-state index in [-0.39, 0.29) is 17.5 Å². The Balaban J connectivity index is 2.75. The minimum absolute atomic E-state index is 0.0413. The SMILES string of the molecule is CC[C@H](C)NC(=O)[C@@H](C)NC(=O)c1cccc(C(F)(F)F)c1. The van der Waals surface area contributed by atoms with Crippen molar-refractivity contribution in [3.63, 3.8) is 0 Å². The molecule has 0 spiro atoms. The average Bonchev–Trinajstić information content (AvgIpc) is 2.46. The Labute approximate surface area is 127 Å². The first-order chi connectivity index (χ1) is 10.1. The highest BCUT2D eigenvalue weighted by Crippen LogP contribution is 2.29. The molecule has 7 heteroatoms. The van der Waals surface area contributed by atoms with E-state index in [2.05, 4.69) is 10.6 Å². The summed E-state index contributed by atoms with van der Waals surface area (Å²) in [7, 11) is 0. The van der Waals surface area contributed by atoms with Crippen molar-refractivity contribution in [2.24, 2.45) is 0 Å². The first kappa shape index (κ1) is 18.0. The van der Waals surface area contributed by atoms with Crippen LogP contribution in [0.5, 0.6) is 0 Å². The van der Waals surface area contributed by atoms with Crippen LogP contribution < -0.4 is 10.6 Å². The minimum Gasteiger partial charge on any atom is -0.352 e. The molecule has 0 radical (unpaired) electrons. The lowest BCUT2D eigenvalue weighted by molar-refractivity contribution is -0.137. The Bertz CT molecular complexity index is 544. The van der Waals surface area contributed by atoms with E-state index >= 15 is 0 Å². The molecule has 0 fully saturated rings. The summed E-state index contributed by atoms with van der Waals surface area (Å²) in [6.45, 7) is 5.19. The van der Waals surface area contributed by atoms with Gasteiger partial charge in [-0.05, 0) is 38.5 Å². The lowest BCUT2D eigenvalue weighted by Gasteiger charge is -2.17. The topological polar surface area (TPSA) is 58.2 Å². The Hall–Kier alpha value is -2.05. The van der Waals surface area contributed by atoms with Gasteiger partial charge in [0.1, 0.15) is 6.04 Å². The van der Waals surface area contributed by atoms with Gasteiger partial charge in [0.2, 0.25) is 5.91 Å². The normalized spacial score (nSPS) is 14.1. The Morgan fingerprint density at radius 2 is 1.82 bits per heavy atom. The number of halogens is 3. The molecule has 2 atom stereocenters. The van der Waals surface area contributed by atoms with E-state index in [4.69, 9.17) is 0 Å². The largest absolute Gasteiger partial charge is 0.416 e. The molecule has 2 N–H and O–H groups in total. The van der Waals surface area contributed by atoms with Gasteiger partial charge in [-0.1, -0.05) is 13.0 Å². The highest BCUT2D eigenvalue weighted by Gasteiger charge is 2.31. The molecule has 122 valence electrons. The number of alkyl halides is 3. The highest BCUT2D eigenvalue weighted by molar-refractivity contribution is 5.97. The summed E-state index contributed by atoms with van der Waals surface area (Å²) < 4.78 is 37.8. The molecule has 0 saturated carbocycles. The van der Waals surface area contributed by atoms with E-state index < -0.39 is 23.7 Å². The van der Waals surface area contributed by atoms with Gasteiger partial charge in [0.05, 0.1) is 5.56 Å². The van der Waals surface area contributed by atoms with Gasteiger partial charge in [-0.2, -0.15) is 13.2 Å². The monoisotopic (exact) mass is 316 g/mol. The molecule has 1 rings (SSSR count). The second kappa shape index (κ2) is 7.29. The van der Waals surface area contributed by atoms with Gasteiger partial charge in [0, 0.05) is 11.6 Å². The number of rotatable bonds is 5. The number of carbonyl (C=O) groups is 2. The number of carbonyl (C=O) groups excluding carboxylic acids is 2. The van der Waals surface area contributed by atoms with Crippen LogP contribution in [0.3, 0.4) is 0 Å². The third-order valence-corrected chi connectivity index (χ3v) is 3.19. The maximum Gasteiger partial charge on any atom is 0.416 e. The van der Waals surface area contributed by atoms with Gasteiger partial charge in [-0.25, -0.2) is 0 Å². The number of hydrogen-bond acceptors (Lipinski definition) is 2. The van der Waals surface area contributed by atoms with Crippen molar-refractivity contribution in [3.8, 4) is 0 Å². The van der Waals surface area contributed by atoms with Crippen molar-refractivity contribution < 1.29 is 22.8 Å². The lowest BCUT2D eigenvalue weighted by Crippen LogP contribution is -2.47. The zero-order valence-electron chi connectivity index (χ0n) is 12.6. The molecule has 0 aliphatic heterocycles. The van der Waals surface area contributed by atoms with Crippen molar-refractivity contribution in [2.75, 3.05) is 0 Å². The zero-order chi connectivity index (χ0) is 16.9. The van der Waals surface area contributed by atoms with Crippen molar-refractivity contribution in [2.45, 2.75) is 45.5 Å². The molecule has 2 amide bonds. The molecule has 0 saturated heterocycles. The summed E-state index contributed by atoms with van der Waals surface area (Å²) in [4.78, 5) is 23.7. The van der Waals surface area contributed by atoms with E-state index in [9.17, 15) is 22.8 Å². The Morgan fingerprint density at radius 3 is 2.36 bits per heavy atom. The molecule has 0 bridgehead atoms. The summed E-state index contributed by atoms with van der Waals surface area (Å²) in [6.07, 6.45) is -3.78. The van der Waals surface area contributed by atoms with Crippen LogP contribution in [0.4, 0.5) is 13.2 Å². The van der Waals surface area contributed by atoms with Crippen molar-refractivity contribution in [1.29, 1.82) is 0 Å². The summed E-state index contributed by atoms with van der Waals surface area (Å²) >= 11 is 0. The molecule has 1 aromatic rings.